The van der Waals surface area contributed by atoms with Crippen molar-refractivity contribution in [3.8, 4) is 33.5 Å². The maximum atomic E-state index is 13.8. The molecule has 3 heterocycles. The molecule has 0 atom stereocenters. The Hall–Kier alpha value is -4.55. The van der Waals surface area contributed by atoms with Crippen LogP contribution in [-0.2, 0) is 6.73 Å². The van der Waals surface area contributed by atoms with E-state index in [1.807, 2.05) is 91.0 Å². The van der Waals surface area contributed by atoms with Crippen LogP contribution in [0.2, 0.25) is 0 Å². The minimum atomic E-state index is -0.300. The Morgan fingerprint density at radius 2 is 1.53 bits per heavy atom. The molecular weight excluding hydrogens is 424 g/mol. The summed E-state index contributed by atoms with van der Waals surface area (Å²) in [6, 6.07) is 29.1. The molecule has 3 aromatic carbocycles. The van der Waals surface area contributed by atoms with Crippen LogP contribution in [0.3, 0.4) is 0 Å². The number of aliphatic hydroxyl groups is 1. The zero-order valence-corrected chi connectivity index (χ0v) is 18.2. The molecule has 164 valence electrons. The summed E-state index contributed by atoms with van der Waals surface area (Å²) in [6.45, 7) is -0.300. The van der Waals surface area contributed by atoms with Crippen molar-refractivity contribution in [1.29, 1.82) is 0 Å². The molecule has 6 aromatic rings. The Morgan fingerprint density at radius 1 is 0.794 bits per heavy atom. The summed E-state index contributed by atoms with van der Waals surface area (Å²) in [5, 5.41) is 16.0. The Kier molecular flexibility index (Phi) is 4.78. The molecule has 6 nitrogen and oxygen atoms in total. The number of fused-ring (bicyclic) bond motifs is 2. The molecule has 0 saturated heterocycles. The second-order valence-corrected chi connectivity index (χ2v) is 8.06. The molecule has 6 rings (SSSR count). The van der Waals surface area contributed by atoms with Crippen molar-refractivity contribution in [3.05, 3.63) is 114 Å². The van der Waals surface area contributed by atoms with Gasteiger partial charge in [0.25, 0.3) is 5.56 Å². The molecule has 0 fully saturated rings. The number of pyridine rings is 1. The van der Waals surface area contributed by atoms with Gasteiger partial charge in [0.1, 0.15) is 18.1 Å². The van der Waals surface area contributed by atoms with Gasteiger partial charge in [0.15, 0.2) is 0 Å². The van der Waals surface area contributed by atoms with Gasteiger partial charge in [0.05, 0.1) is 16.6 Å². The molecule has 0 aliphatic carbocycles. The average Bonchev–Trinajstić information content (AvgIpc) is 3.31. The van der Waals surface area contributed by atoms with Crippen LogP contribution in [0.25, 0.3) is 50.1 Å². The van der Waals surface area contributed by atoms with E-state index in [1.165, 1.54) is 4.52 Å². The third-order valence-electron chi connectivity index (χ3n) is 6.02. The van der Waals surface area contributed by atoms with Crippen LogP contribution in [0.5, 0.6) is 0 Å². The van der Waals surface area contributed by atoms with Crippen molar-refractivity contribution in [3.63, 3.8) is 0 Å². The molecule has 34 heavy (non-hydrogen) atoms. The summed E-state index contributed by atoms with van der Waals surface area (Å²) in [5.74, 6) is 0. The third kappa shape index (κ3) is 3.20. The minimum absolute atomic E-state index is 0.248. The smallest absolute Gasteiger partial charge is 0.282 e. The van der Waals surface area contributed by atoms with Gasteiger partial charge >= 0.3 is 0 Å². The van der Waals surface area contributed by atoms with E-state index in [-0.39, 0.29) is 12.3 Å². The van der Waals surface area contributed by atoms with Crippen LogP contribution in [0, 0.1) is 0 Å². The Bertz CT molecular complexity index is 1700. The molecule has 0 radical (unpaired) electrons. The van der Waals surface area contributed by atoms with Gasteiger partial charge in [-0.25, -0.2) is 0 Å². The van der Waals surface area contributed by atoms with Crippen molar-refractivity contribution in [2.24, 2.45) is 0 Å². The number of nitrogens with zero attached hydrogens (tertiary/aromatic N) is 4. The first-order chi connectivity index (χ1) is 16.7. The van der Waals surface area contributed by atoms with Crippen molar-refractivity contribution in [1.82, 2.24) is 19.2 Å². The van der Waals surface area contributed by atoms with E-state index in [0.29, 0.717) is 16.9 Å². The standard InChI is InChI=1S/C28H20N4O2/c33-18-31-17-23(21-13-14-24-22(16-21)12-7-15-29-24)28(34)32-27(31)25(19-8-3-1-4-9-19)26(30-32)20-10-5-2-6-11-20/h1-17,33H,18H2. The SMILES string of the molecule is O=c1c(-c2ccc3ncccc3c2)cn(CO)c2c(-c3ccccc3)c(-c3ccccc3)nn12. The van der Waals surface area contributed by atoms with Crippen LogP contribution in [0.4, 0.5) is 0 Å². The zero-order valence-electron chi connectivity index (χ0n) is 18.2. The Balaban J connectivity index is 1.69. The highest BCUT2D eigenvalue weighted by atomic mass is 16.3. The Morgan fingerprint density at radius 3 is 2.26 bits per heavy atom. The van der Waals surface area contributed by atoms with E-state index in [0.717, 1.165) is 33.2 Å². The molecule has 0 saturated carbocycles. The number of hydrogen-bond acceptors (Lipinski definition) is 4. The quantitative estimate of drug-likeness (QED) is 0.416. The highest BCUT2D eigenvalue weighted by Crippen LogP contribution is 2.35. The molecule has 0 unspecified atom stereocenters. The molecule has 3 aromatic heterocycles. The van der Waals surface area contributed by atoms with E-state index >= 15 is 0 Å². The van der Waals surface area contributed by atoms with Gasteiger partial charge in [0, 0.05) is 23.3 Å². The molecule has 1 N–H and O–H groups in total. The fourth-order valence-electron chi connectivity index (χ4n) is 4.42. The molecule has 0 bridgehead atoms. The first kappa shape index (κ1) is 20.1. The molecule has 0 aliphatic heterocycles. The number of rotatable bonds is 4. The second kappa shape index (κ2) is 8.10. The summed E-state index contributed by atoms with van der Waals surface area (Å²) in [5.41, 5.74) is 5.65. The second-order valence-electron chi connectivity index (χ2n) is 8.06. The van der Waals surface area contributed by atoms with Gasteiger partial charge in [-0.1, -0.05) is 72.8 Å². The largest absolute Gasteiger partial charge is 0.376 e. The van der Waals surface area contributed by atoms with Gasteiger partial charge in [-0.2, -0.15) is 9.61 Å². The van der Waals surface area contributed by atoms with Crippen LogP contribution in [-0.4, -0.2) is 24.3 Å². The lowest BCUT2D eigenvalue weighted by molar-refractivity contribution is 0.213. The van der Waals surface area contributed by atoms with Crippen molar-refractivity contribution >= 4 is 16.6 Å². The number of hydrogen-bond donors (Lipinski definition) is 1. The lowest BCUT2D eigenvalue weighted by Crippen LogP contribution is -2.21. The highest BCUT2D eigenvalue weighted by molar-refractivity contribution is 5.91. The molecular formula is C28H20N4O2. The molecule has 6 heteroatoms. The summed E-state index contributed by atoms with van der Waals surface area (Å²) in [4.78, 5) is 18.1. The number of aliphatic hydroxyl groups excluding tert-OH is 1. The van der Waals surface area contributed by atoms with Gasteiger partial charge in [0.2, 0.25) is 0 Å². The topological polar surface area (TPSA) is 72.4 Å². The minimum Gasteiger partial charge on any atom is -0.376 e. The molecule has 0 spiro atoms. The predicted molar refractivity (Wildman–Crippen MR) is 133 cm³/mol. The van der Waals surface area contributed by atoms with E-state index in [1.54, 1.807) is 17.0 Å². The molecule has 0 amide bonds. The lowest BCUT2D eigenvalue weighted by atomic mass is 10.0. The normalized spacial score (nSPS) is 11.3. The van der Waals surface area contributed by atoms with Gasteiger partial charge < -0.3 is 9.67 Å². The fraction of sp³-hybridized carbons (Fsp3) is 0.0357. The summed E-state index contributed by atoms with van der Waals surface area (Å²) >= 11 is 0. The maximum absolute atomic E-state index is 13.8. The van der Waals surface area contributed by atoms with E-state index in [2.05, 4.69) is 4.98 Å². The summed E-state index contributed by atoms with van der Waals surface area (Å²) in [7, 11) is 0. The predicted octanol–water partition coefficient (Wildman–Crippen LogP) is 5.00. The summed E-state index contributed by atoms with van der Waals surface area (Å²) < 4.78 is 3.08. The first-order valence-electron chi connectivity index (χ1n) is 11.0. The Labute approximate surface area is 195 Å². The third-order valence-corrected chi connectivity index (χ3v) is 6.02. The van der Waals surface area contributed by atoms with Crippen LogP contribution in [0.1, 0.15) is 0 Å². The lowest BCUT2D eigenvalue weighted by Gasteiger charge is -2.11. The first-order valence-corrected chi connectivity index (χ1v) is 11.0. The number of aromatic nitrogens is 4. The van der Waals surface area contributed by atoms with Gasteiger partial charge in [-0.3, -0.25) is 9.78 Å². The van der Waals surface area contributed by atoms with E-state index in [9.17, 15) is 9.90 Å². The van der Waals surface area contributed by atoms with Crippen molar-refractivity contribution in [2.45, 2.75) is 6.73 Å². The van der Waals surface area contributed by atoms with Crippen LogP contribution < -0.4 is 5.56 Å². The monoisotopic (exact) mass is 444 g/mol. The van der Waals surface area contributed by atoms with E-state index < -0.39 is 0 Å². The number of benzene rings is 3. The fourth-order valence-corrected chi connectivity index (χ4v) is 4.42. The maximum Gasteiger partial charge on any atom is 0.282 e. The van der Waals surface area contributed by atoms with Crippen molar-refractivity contribution in [2.75, 3.05) is 0 Å². The van der Waals surface area contributed by atoms with Gasteiger partial charge in [-0.05, 0) is 29.3 Å². The van der Waals surface area contributed by atoms with Gasteiger partial charge in [-0.15, -0.1) is 0 Å². The average molecular weight is 444 g/mol. The highest BCUT2D eigenvalue weighted by Gasteiger charge is 2.22. The molecule has 0 aliphatic rings. The zero-order chi connectivity index (χ0) is 23.1. The summed E-state index contributed by atoms with van der Waals surface area (Å²) in [6.07, 6.45) is 3.45. The van der Waals surface area contributed by atoms with Crippen LogP contribution in [0.15, 0.2) is 108 Å². The van der Waals surface area contributed by atoms with E-state index in [4.69, 9.17) is 5.10 Å². The van der Waals surface area contributed by atoms with Crippen LogP contribution >= 0.6 is 0 Å². The van der Waals surface area contributed by atoms with Crippen molar-refractivity contribution < 1.29 is 5.11 Å².